The van der Waals surface area contributed by atoms with Crippen molar-refractivity contribution in [2.45, 2.75) is 32.7 Å². The summed E-state index contributed by atoms with van der Waals surface area (Å²) in [6.45, 7) is 3.70. The van der Waals surface area contributed by atoms with Crippen LogP contribution >= 0.6 is 0 Å². The van der Waals surface area contributed by atoms with E-state index >= 15 is 0 Å². The molecule has 0 saturated heterocycles. The number of Topliss-reactive ketones (excluding diaryl/α,β-unsaturated/α-hetero) is 1. The summed E-state index contributed by atoms with van der Waals surface area (Å²) < 4.78 is 0. The number of aromatic hydroxyl groups is 1. The fourth-order valence-corrected chi connectivity index (χ4v) is 3.58. The number of hydrogen-bond donors (Lipinski definition) is 3. The van der Waals surface area contributed by atoms with E-state index in [1.54, 1.807) is 38.6 Å². The van der Waals surface area contributed by atoms with Crippen molar-refractivity contribution in [3.05, 3.63) is 74.3 Å². The van der Waals surface area contributed by atoms with Crippen LogP contribution in [0.4, 0.5) is 17.1 Å². The minimum atomic E-state index is -0.767. The predicted molar refractivity (Wildman–Crippen MR) is 131 cm³/mol. The monoisotopic (exact) mass is 464 g/mol. The second-order valence-electron chi connectivity index (χ2n) is 8.63. The third-order valence-corrected chi connectivity index (χ3v) is 5.54. The maximum atomic E-state index is 12.9. The number of amides is 1. The van der Waals surface area contributed by atoms with Gasteiger partial charge in [0.05, 0.1) is 17.3 Å². The molecule has 178 valence electrons. The lowest BCUT2D eigenvalue weighted by Gasteiger charge is -2.25. The van der Waals surface area contributed by atoms with Crippen LogP contribution in [0.15, 0.2) is 52.3 Å². The number of nitrogens with zero attached hydrogens (tertiary/aromatic N) is 2. The molecule has 0 bridgehead atoms. The Kier molecular flexibility index (Phi) is 7.45. The molecule has 0 spiro atoms. The van der Waals surface area contributed by atoms with Gasteiger partial charge < -0.3 is 20.6 Å². The Balaban J connectivity index is 1.81. The number of pyridine rings is 1. The van der Waals surface area contributed by atoms with E-state index in [9.17, 15) is 24.3 Å². The van der Waals surface area contributed by atoms with Gasteiger partial charge in [0.15, 0.2) is 11.5 Å². The number of phenolic OH excluding ortho intramolecular Hbond substituents is 1. The number of para-hydroxylation sites is 1. The quantitative estimate of drug-likeness (QED) is 0.308. The maximum absolute atomic E-state index is 12.9. The number of carbonyl (C=O) groups is 2. The van der Waals surface area contributed by atoms with E-state index in [0.29, 0.717) is 6.42 Å². The van der Waals surface area contributed by atoms with Crippen molar-refractivity contribution in [3.63, 3.8) is 0 Å². The smallest absolute Gasteiger partial charge is 0.257 e. The van der Waals surface area contributed by atoms with E-state index in [2.05, 4.69) is 15.6 Å². The zero-order valence-corrected chi connectivity index (χ0v) is 19.6. The minimum absolute atomic E-state index is 0.0119. The molecule has 34 heavy (non-hydrogen) atoms. The van der Waals surface area contributed by atoms with Gasteiger partial charge in [-0.1, -0.05) is 26.0 Å². The SMILES string of the molecule is CC(C)[C@@H](Nc1c(Nc2cccc(C(=O)N(C)C)c2O)c(=O)c1=O)C(=O)CCc1cccnc1. The Hall–Kier alpha value is -4.01. The van der Waals surface area contributed by atoms with Crippen LogP contribution in [-0.2, 0) is 11.2 Å². The van der Waals surface area contributed by atoms with Gasteiger partial charge in [0.2, 0.25) is 0 Å². The fourth-order valence-electron chi connectivity index (χ4n) is 3.58. The first-order valence-electron chi connectivity index (χ1n) is 10.9. The molecule has 0 saturated carbocycles. The lowest BCUT2D eigenvalue weighted by molar-refractivity contribution is -0.120. The topological polar surface area (TPSA) is 129 Å². The summed E-state index contributed by atoms with van der Waals surface area (Å²) in [6, 6.07) is 7.50. The first kappa shape index (κ1) is 24.6. The highest BCUT2D eigenvalue weighted by molar-refractivity contribution is 5.99. The number of hydrogen-bond acceptors (Lipinski definition) is 8. The number of aryl methyl sites for hydroxylation is 1. The highest BCUT2D eigenvalue weighted by Crippen LogP contribution is 2.32. The van der Waals surface area contributed by atoms with Crippen LogP contribution in [0.5, 0.6) is 5.75 Å². The molecule has 3 aromatic rings. The van der Waals surface area contributed by atoms with Crippen LogP contribution in [0.2, 0.25) is 0 Å². The van der Waals surface area contributed by atoms with E-state index in [4.69, 9.17) is 0 Å². The molecule has 0 radical (unpaired) electrons. The number of rotatable bonds is 10. The van der Waals surface area contributed by atoms with E-state index in [1.165, 1.54) is 17.0 Å². The molecule has 0 aliphatic carbocycles. The van der Waals surface area contributed by atoms with Crippen molar-refractivity contribution in [1.29, 1.82) is 0 Å². The molecule has 2 aromatic carbocycles. The van der Waals surface area contributed by atoms with Crippen LogP contribution in [0.25, 0.3) is 0 Å². The van der Waals surface area contributed by atoms with E-state index in [-0.39, 0.29) is 46.5 Å². The average molecular weight is 465 g/mol. The highest BCUT2D eigenvalue weighted by Gasteiger charge is 2.29. The van der Waals surface area contributed by atoms with Gasteiger partial charge in [0, 0.05) is 32.9 Å². The molecule has 0 aliphatic rings. The number of anilines is 3. The number of nitrogens with one attached hydrogen (secondary N) is 2. The molecule has 1 heterocycles. The van der Waals surface area contributed by atoms with Crippen molar-refractivity contribution >= 4 is 28.8 Å². The van der Waals surface area contributed by atoms with Gasteiger partial charge in [-0.25, -0.2) is 0 Å². The number of aromatic nitrogens is 1. The van der Waals surface area contributed by atoms with Gasteiger partial charge in [0.1, 0.15) is 11.4 Å². The minimum Gasteiger partial charge on any atom is -0.505 e. The molecule has 9 nitrogen and oxygen atoms in total. The fraction of sp³-hybridized carbons (Fsp3) is 0.320. The van der Waals surface area contributed by atoms with Crippen LogP contribution in [0.1, 0.15) is 36.2 Å². The highest BCUT2D eigenvalue weighted by atomic mass is 16.3. The molecule has 0 fully saturated rings. The zero-order valence-electron chi connectivity index (χ0n) is 19.6. The molecule has 3 N–H and O–H groups in total. The van der Waals surface area contributed by atoms with Gasteiger partial charge in [-0.15, -0.1) is 0 Å². The average Bonchev–Trinajstić information content (AvgIpc) is 2.82. The van der Waals surface area contributed by atoms with Crippen molar-refractivity contribution in [2.75, 3.05) is 24.7 Å². The molecule has 3 rings (SSSR count). The molecule has 0 unspecified atom stereocenters. The Labute approximate surface area is 197 Å². The van der Waals surface area contributed by atoms with Crippen LogP contribution in [0, 0.1) is 5.92 Å². The van der Waals surface area contributed by atoms with E-state index < -0.39 is 22.8 Å². The lowest BCUT2D eigenvalue weighted by atomic mass is 9.95. The maximum Gasteiger partial charge on any atom is 0.257 e. The van der Waals surface area contributed by atoms with Gasteiger partial charge in [-0.3, -0.25) is 24.2 Å². The molecule has 1 atom stereocenters. The Morgan fingerprint density at radius 2 is 1.76 bits per heavy atom. The third-order valence-electron chi connectivity index (χ3n) is 5.54. The van der Waals surface area contributed by atoms with Crippen LogP contribution in [-0.4, -0.2) is 46.8 Å². The van der Waals surface area contributed by atoms with Crippen molar-refractivity contribution in [3.8, 4) is 5.75 Å². The second kappa shape index (κ2) is 10.3. The summed E-state index contributed by atoms with van der Waals surface area (Å²) in [5.74, 6) is -0.996. The van der Waals surface area contributed by atoms with Gasteiger partial charge in [-0.2, -0.15) is 0 Å². The molecular formula is C25H28N4O5. The second-order valence-corrected chi connectivity index (χ2v) is 8.63. The summed E-state index contributed by atoms with van der Waals surface area (Å²) in [5.41, 5.74) is -0.495. The Morgan fingerprint density at radius 1 is 1.06 bits per heavy atom. The van der Waals surface area contributed by atoms with Crippen molar-refractivity contribution in [1.82, 2.24) is 9.88 Å². The molecule has 1 amide bonds. The zero-order chi connectivity index (χ0) is 25.0. The summed E-state index contributed by atoms with van der Waals surface area (Å²) in [4.78, 5) is 55.2. The van der Waals surface area contributed by atoms with Gasteiger partial charge >= 0.3 is 0 Å². The Bertz CT molecular complexity index is 1260. The van der Waals surface area contributed by atoms with Crippen molar-refractivity contribution < 1.29 is 14.7 Å². The van der Waals surface area contributed by atoms with Crippen molar-refractivity contribution in [2.24, 2.45) is 5.92 Å². The van der Waals surface area contributed by atoms with Crippen LogP contribution in [0.3, 0.4) is 0 Å². The molecule has 0 aliphatic heterocycles. The molecule has 9 heteroatoms. The van der Waals surface area contributed by atoms with E-state index in [0.717, 1.165) is 5.56 Å². The van der Waals surface area contributed by atoms with Gasteiger partial charge in [-0.05, 0) is 36.1 Å². The third kappa shape index (κ3) is 5.14. The predicted octanol–water partition coefficient (Wildman–Crippen LogP) is 2.47. The summed E-state index contributed by atoms with van der Waals surface area (Å²) in [5, 5.41) is 16.2. The normalized spacial score (nSPS) is 11.9. The van der Waals surface area contributed by atoms with Crippen LogP contribution < -0.4 is 21.5 Å². The number of benzene rings is 1. The first-order chi connectivity index (χ1) is 16.1. The molecular weight excluding hydrogens is 436 g/mol. The van der Waals surface area contributed by atoms with E-state index in [1.807, 2.05) is 19.9 Å². The first-order valence-corrected chi connectivity index (χ1v) is 10.9. The molecule has 1 aromatic heterocycles. The number of phenols is 1. The van der Waals surface area contributed by atoms with Gasteiger partial charge in [0.25, 0.3) is 16.8 Å². The number of carbonyl (C=O) groups excluding carboxylic acids is 2. The number of ketones is 1. The lowest BCUT2D eigenvalue weighted by Crippen LogP contribution is -2.43. The largest absolute Gasteiger partial charge is 0.505 e. The summed E-state index contributed by atoms with van der Waals surface area (Å²) in [7, 11) is 3.11. The summed E-state index contributed by atoms with van der Waals surface area (Å²) >= 11 is 0. The Morgan fingerprint density at radius 3 is 2.38 bits per heavy atom. The summed E-state index contributed by atoms with van der Waals surface area (Å²) in [6.07, 6.45) is 4.11. The standard InChI is InChI=1S/C25H28N4O5/c1-14(2)19(18(30)11-10-15-7-6-12-26-13-15)28-21-20(23(32)24(21)33)27-17-9-5-8-16(22(17)31)25(34)29(3)4/h5-9,12-14,19,27-28,31H,10-11H2,1-4H3/t19-/m1/s1.